The third kappa shape index (κ3) is 7.54. The van der Waals surface area contributed by atoms with Crippen LogP contribution >= 0.6 is 15.9 Å². The van der Waals surface area contributed by atoms with E-state index in [1.807, 2.05) is 37.3 Å². The molecule has 2 N–H and O–H groups in total. The fourth-order valence-corrected chi connectivity index (χ4v) is 4.43. The fourth-order valence-electron chi connectivity index (χ4n) is 3.07. The van der Waals surface area contributed by atoms with Crippen LogP contribution in [0.15, 0.2) is 64.2 Å². The summed E-state index contributed by atoms with van der Waals surface area (Å²) in [5.41, 5.74) is 3.07. The molecule has 9 heteroatoms. The van der Waals surface area contributed by atoms with E-state index in [-0.39, 0.29) is 4.90 Å². The average molecular weight is 509 g/mol. The van der Waals surface area contributed by atoms with Crippen LogP contribution in [-0.4, -0.2) is 20.1 Å². The van der Waals surface area contributed by atoms with E-state index in [9.17, 15) is 13.0 Å². The van der Waals surface area contributed by atoms with Gasteiger partial charge in [-0.1, -0.05) is 34.5 Å². The SMILES string of the molecule is COc1ccc(COc2cc(Br)c[n+](N)c2)cc1.Cc1cc(C)c(S(=O)(=O)[O-])c(C)c1. The van der Waals surface area contributed by atoms with Gasteiger partial charge in [-0.15, -0.1) is 0 Å². The summed E-state index contributed by atoms with van der Waals surface area (Å²) in [5.74, 6) is 7.20. The van der Waals surface area contributed by atoms with Gasteiger partial charge in [0.15, 0.2) is 5.75 Å². The first-order valence-electron chi connectivity index (χ1n) is 9.26. The van der Waals surface area contributed by atoms with Crippen molar-refractivity contribution in [3.8, 4) is 11.5 Å². The minimum Gasteiger partial charge on any atom is -0.744 e. The number of ether oxygens (including phenoxy) is 2. The highest BCUT2D eigenvalue weighted by Gasteiger charge is 2.09. The van der Waals surface area contributed by atoms with Crippen molar-refractivity contribution in [2.24, 2.45) is 0 Å². The number of nitrogen functional groups attached to an aromatic ring is 1. The van der Waals surface area contributed by atoms with Crippen molar-refractivity contribution in [3.63, 3.8) is 0 Å². The molecule has 3 aromatic rings. The molecule has 0 aliphatic rings. The molecule has 0 bridgehead atoms. The maximum Gasteiger partial charge on any atom is 0.240 e. The minimum absolute atomic E-state index is 0.0851. The second-order valence-corrected chi connectivity index (χ2v) is 9.19. The van der Waals surface area contributed by atoms with Gasteiger partial charge in [-0.05, 0) is 65.5 Å². The van der Waals surface area contributed by atoms with Crippen molar-refractivity contribution in [1.29, 1.82) is 0 Å². The Kier molecular flexibility index (Phi) is 8.43. The van der Waals surface area contributed by atoms with Crippen molar-refractivity contribution in [3.05, 3.63) is 81.6 Å². The molecule has 0 aliphatic carbocycles. The van der Waals surface area contributed by atoms with E-state index < -0.39 is 10.1 Å². The molecule has 0 saturated carbocycles. The van der Waals surface area contributed by atoms with Crippen LogP contribution in [0.25, 0.3) is 0 Å². The van der Waals surface area contributed by atoms with Crippen LogP contribution < -0.4 is 20.0 Å². The molecule has 0 aliphatic heterocycles. The van der Waals surface area contributed by atoms with E-state index in [4.69, 9.17) is 15.3 Å². The molecule has 3 rings (SSSR count). The third-order valence-corrected chi connectivity index (χ3v) is 5.83. The second-order valence-electron chi connectivity index (χ2n) is 6.96. The monoisotopic (exact) mass is 508 g/mol. The highest BCUT2D eigenvalue weighted by atomic mass is 79.9. The average Bonchev–Trinajstić information content (AvgIpc) is 2.64. The summed E-state index contributed by atoms with van der Waals surface area (Å²) >= 11 is 3.36. The first-order chi connectivity index (χ1) is 14.5. The predicted molar refractivity (Wildman–Crippen MR) is 120 cm³/mol. The molecule has 0 atom stereocenters. The lowest BCUT2D eigenvalue weighted by molar-refractivity contribution is -0.639. The highest BCUT2D eigenvalue weighted by Crippen LogP contribution is 2.21. The van der Waals surface area contributed by atoms with Gasteiger partial charge in [0.2, 0.25) is 12.4 Å². The number of methoxy groups -OCH3 is 1. The van der Waals surface area contributed by atoms with Crippen LogP contribution in [-0.2, 0) is 16.7 Å². The van der Waals surface area contributed by atoms with Gasteiger partial charge in [-0.2, -0.15) is 0 Å². The molecule has 1 heterocycles. The van der Waals surface area contributed by atoms with Gasteiger partial charge in [0, 0.05) is 6.07 Å². The van der Waals surface area contributed by atoms with Crippen LogP contribution in [0.1, 0.15) is 22.3 Å². The quantitative estimate of drug-likeness (QED) is 0.321. The topological polar surface area (TPSA) is 106 Å². The third-order valence-electron chi connectivity index (χ3n) is 4.25. The minimum atomic E-state index is -4.33. The molecule has 0 fully saturated rings. The summed E-state index contributed by atoms with van der Waals surface area (Å²) in [4.78, 5) is -0.0851. The van der Waals surface area contributed by atoms with Gasteiger partial charge in [0.25, 0.3) is 0 Å². The number of pyridine rings is 1. The molecule has 0 spiro atoms. The largest absolute Gasteiger partial charge is 0.744 e. The number of nitrogens with two attached hydrogens (primary N) is 1. The standard InChI is InChI=1S/C13H14BrN2O2.C9H12O3S/c1-17-12-4-2-10(3-5-12)9-18-13-6-11(14)7-16(15)8-13;1-6-4-7(2)9(8(3)5-6)13(10,11)12/h2-8H,9,15H2,1H3;4-5H,1-3H3,(H,10,11,12)/q+1;/p-1. The van der Waals surface area contributed by atoms with E-state index >= 15 is 0 Å². The van der Waals surface area contributed by atoms with Crippen LogP contribution in [0.3, 0.4) is 0 Å². The number of nitrogens with zero attached hydrogens (tertiary/aromatic N) is 1. The van der Waals surface area contributed by atoms with Gasteiger partial charge < -0.3 is 14.0 Å². The Labute approximate surface area is 191 Å². The Morgan fingerprint density at radius 2 is 1.58 bits per heavy atom. The number of halogens is 1. The van der Waals surface area contributed by atoms with Crippen molar-refractivity contribution in [2.75, 3.05) is 13.0 Å². The molecule has 0 amide bonds. The molecule has 1 aromatic heterocycles. The number of hydrogen-bond donors (Lipinski definition) is 1. The Hall–Kier alpha value is -2.62. The van der Waals surface area contributed by atoms with Crippen LogP contribution in [0.5, 0.6) is 11.5 Å². The molecular weight excluding hydrogens is 484 g/mol. The smallest absolute Gasteiger partial charge is 0.240 e. The summed E-state index contributed by atoms with van der Waals surface area (Å²) in [6.07, 6.45) is 3.47. The number of benzene rings is 2. The predicted octanol–water partition coefficient (Wildman–Crippen LogP) is 3.55. The zero-order valence-corrected chi connectivity index (χ0v) is 20.2. The van der Waals surface area contributed by atoms with E-state index in [1.54, 1.807) is 45.5 Å². The van der Waals surface area contributed by atoms with Gasteiger partial charge >= 0.3 is 0 Å². The van der Waals surface area contributed by atoms with E-state index in [2.05, 4.69) is 15.9 Å². The van der Waals surface area contributed by atoms with Crippen LogP contribution in [0.4, 0.5) is 0 Å². The molecule has 7 nitrogen and oxygen atoms in total. The lowest BCUT2D eigenvalue weighted by atomic mass is 10.1. The highest BCUT2D eigenvalue weighted by molar-refractivity contribution is 9.10. The fraction of sp³-hybridized carbons (Fsp3) is 0.227. The van der Waals surface area contributed by atoms with E-state index in [1.165, 1.54) is 4.68 Å². The second kappa shape index (κ2) is 10.6. The van der Waals surface area contributed by atoms with Crippen molar-refractivity contribution in [1.82, 2.24) is 0 Å². The molecule has 0 saturated heterocycles. The zero-order valence-electron chi connectivity index (χ0n) is 17.8. The van der Waals surface area contributed by atoms with Crippen LogP contribution in [0, 0.1) is 20.8 Å². The lowest BCUT2D eigenvalue weighted by Gasteiger charge is -2.14. The first kappa shape index (κ1) is 24.6. The summed E-state index contributed by atoms with van der Waals surface area (Å²) in [6, 6.07) is 13.0. The van der Waals surface area contributed by atoms with Gasteiger partial charge in [0.05, 0.1) is 16.5 Å². The summed E-state index contributed by atoms with van der Waals surface area (Å²) < 4.78 is 45.6. The normalized spacial score (nSPS) is 10.8. The maximum atomic E-state index is 10.8. The summed E-state index contributed by atoms with van der Waals surface area (Å²) in [6.45, 7) is 5.61. The van der Waals surface area contributed by atoms with Crippen molar-refractivity contribution < 1.29 is 27.1 Å². The molecule has 31 heavy (non-hydrogen) atoms. The molecular formula is C22H25BrN2O5S. The lowest BCUT2D eigenvalue weighted by Crippen LogP contribution is -2.43. The van der Waals surface area contributed by atoms with Gasteiger partial charge in [0.1, 0.15) is 22.5 Å². The van der Waals surface area contributed by atoms with Crippen molar-refractivity contribution >= 4 is 26.0 Å². The van der Waals surface area contributed by atoms with E-state index in [0.717, 1.165) is 21.3 Å². The Balaban J connectivity index is 0.000000233. The Bertz CT molecular complexity index is 1110. The first-order valence-corrected chi connectivity index (χ1v) is 11.5. The molecule has 2 aromatic carbocycles. The van der Waals surface area contributed by atoms with Gasteiger partial charge in [-0.25, -0.2) is 14.3 Å². The number of rotatable bonds is 5. The Morgan fingerprint density at radius 3 is 2.06 bits per heavy atom. The van der Waals surface area contributed by atoms with Crippen molar-refractivity contribution in [2.45, 2.75) is 32.3 Å². The maximum absolute atomic E-state index is 10.8. The number of aryl methyl sites for hydroxylation is 3. The number of aromatic nitrogens is 1. The Morgan fingerprint density at radius 1 is 1.00 bits per heavy atom. The van der Waals surface area contributed by atoms with Crippen LogP contribution in [0.2, 0.25) is 0 Å². The zero-order chi connectivity index (χ0) is 23.2. The van der Waals surface area contributed by atoms with Gasteiger partial charge in [-0.3, -0.25) is 0 Å². The summed E-state index contributed by atoms with van der Waals surface area (Å²) in [5, 5.41) is 0. The molecule has 0 radical (unpaired) electrons. The number of hydrogen-bond acceptors (Lipinski definition) is 6. The summed E-state index contributed by atoms with van der Waals surface area (Å²) in [7, 11) is -2.69. The molecule has 0 unspecified atom stereocenters. The molecule has 166 valence electrons. The van der Waals surface area contributed by atoms with E-state index in [0.29, 0.717) is 23.5 Å².